The molecular formula is C34H43N3O10. The molecule has 0 aliphatic rings. The van der Waals surface area contributed by atoms with Gasteiger partial charge in [-0.05, 0) is 55.2 Å². The Morgan fingerprint density at radius 3 is 1.72 bits per heavy atom. The molecule has 1 aromatic heterocycles. The second-order valence-corrected chi connectivity index (χ2v) is 10.7. The first-order valence-electron chi connectivity index (χ1n) is 15.0. The molecule has 2 aromatic carbocycles. The van der Waals surface area contributed by atoms with Crippen LogP contribution in [0.25, 0.3) is 0 Å². The number of nitrogens with one attached hydrogen (secondary N) is 2. The minimum absolute atomic E-state index is 0.0598. The van der Waals surface area contributed by atoms with Gasteiger partial charge in [0.05, 0.1) is 42.2 Å². The van der Waals surface area contributed by atoms with Crippen LogP contribution >= 0.6 is 0 Å². The van der Waals surface area contributed by atoms with Crippen molar-refractivity contribution in [1.29, 1.82) is 0 Å². The summed E-state index contributed by atoms with van der Waals surface area (Å²) in [5, 5.41) is 5.83. The molecule has 13 nitrogen and oxygen atoms in total. The maximum Gasteiger partial charge on any atom is 0.514 e. The van der Waals surface area contributed by atoms with Crippen molar-refractivity contribution in [2.24, 2.45) is 5.92 Å². The maximum atomic E-state index is 13.9. The Morgan fingerprint density at radius 2 is 1.26 bits per heavy atom. The molecule has 2 amide bonds. The summed E-state index contributed by atoms with van der Waals surface area (Å²) in [5.74, 6) is 0.0790. The number of aromatic nitrogens is 1. The van der Waals surface area contributed by atoms with Crippen LogP contribution in [0, 0.1) is 5.92 Å². The second kappa shape index (κ2) is 16.9. The van der Waals surface area contributed by atoms with Gasteiger partial charge in [0.15, 0.2) is 34.4 Å². The number of nitrogens with zero attached hydrogens (tertiary/aromatic N) is 1. The standard InChI is InChI=1S/C34H43N3O10/c1-10-46-34(40)47-31-25(43-7)15-16-35-30(31)33(39)37-29(19(2)3)32(38)36-20(4)28(21-11-13-23(41-5)26(17-21)44-8)22-12-14-24(42-6)27(18-22)45-9/h11-20,28-29H,10H2,1-9H3,(H,36,38)(H,37,39)/t20-,29-/m0/s1. The van der Waals surface area contributed by atoms with Crippen molar-refractivity contribution < 1.29 is 47.5 Å². The molecule has 3 rings (SSSR count). The molecule has 0 unspecified atom stereocenters. The molecule has 1 heterocycles. The zero-order chi connectivity index (χ0) is 34.7. The Bertz CT molecular complexity index is 1490. The Hall–Kier alpha value is -5.20. The highest BCUT2D eigenvalue weighted by Gasteiger charge is 2.32. The van der Waals surface area contributed by atoms with Crippen molar-refractivity contribution >= 4 is 18.0 Å². The summed E-state index contributed by atoms with van der Waals surface area (Å²) in [6.45, 7) is 7.13. The van der Waals surface area contributed by atoms with E-state index in [0.717, 1.165) is 11.1 Å². The van der Waals surface area contributed by atoms with E-state index in [4.69, 9.17) is 33.2 Å². The molecule has 47 heavy (non-hydrogen) atoms. The molecule has 0 radical (unpaired) electrons. The Kier molecular flexibility index (Phi) is 13.1. The second-order valence-electron chi connectivity index (χ2n) is 10.7. The number of benzene rings is 2. The number of ether oxygens (including phenoxy) is 7. The summed E-state index contributed by atoms with van der Waals surface area (Å²) in [6.07, 6.45) is 0.297. The molecule has 0 fully saturated rings. The SMILES string of the molecule is CCOC(=O)Oc1c(OC)ccnc1C(=O)N[C@H](C(=O)N[C@@H](C)C(c1ccc(OC)c(OC)c1)c1ccc(OC)c(OC)c1)C(C)C. The van der Waals surface area contributed by atoms with Crippen LogP contribution in [0.1, 0.15) is 55.2 Å². The van der Waals surface area contributed by atoms with Gasteiger partial charge in [-0.15, -0.1) is 0 Å². The fraction of sp³-hybridized carbons (Fsp3) is 0.412. The summed E-state index contributed by atoms with van der Waals surface area (Å²) in [4.78, 5) is 43.6. The first kappa shape index (κ1) is 36.3. The first-order chi connectivity index (χ1) is 22.5. The van der Waals surface area contributed by atoms with Crippen LogP contribution in [0.4, 0.5) is 4.79 Å². The average molecular weight is 654 g/mol. The monoisotopic (exact) mass is 653 g/mol. The van der Waals surface area contributed by atoms with Gasteiger partial charge in [0.25, 0.3) is 5.91 Å². The highest BCUT2D eigenvalue weighted by atomic mass is 16.7. The minimum Gasteiger partial charge on any atom is -0.493 e. The quantitative estimate of drug-likeness (QED) is 0.219. The van der Waals surface area contributed by atoms with E-state index < -0.39 is 36.0 Å². The van der Waals surface area contributed by atoms with Gasteiger partial charge in [-0.3, -0.25) is 9.59 Å². The van der Waals surface area contributed by atoms with Crippen LogP contribution in [0.3, 0.4) is 0 Å². The third-order valence-electron chi connectivity index (χ3n) is 7.39. The van der Waals surface area contributed by atoms with Gasteiger partial charge >= 0.3 is 6.16 Å². The Balaban J connectivity index is 1.97. The average Bonchev–Trinajstić information content (AvgIpc) is 3.06. The van der Waals surface area contributed by atoms with Crippen molar-refractivity contribution in [3.05, 3.63) is 65.5 Å². The number of carbonyl (C=O) groups excluding carboxylic acids is 3. The van der Waals surface area contributed by atoms with Gasteiger partial charge in [0.2, 0.25) is 11.7 Å². The molecule has 13 heteroatoms. The highest BCUT2D eigenvalue weighted by Crippen LogP contribution is 2.38. The summed E-state index contributed by atoms with van der Waals surface area (Å²) in [7, 11) is 7.57. The van der Waals surface area contributed by atoms with Gasteiger partial charge in [0.1, 0.15) is 6.04 Å². The zero-order valence-corrected chi connectivity index (χ0v) is 28.2. The summed E-state index contributed by atoms with van der Waals surface area (Å²) in [6, 6.07) is 11.0. The molecule has 0 aliphatic carbocycles. The zero-order valence-electron chi connectivity index (χ0n) is 28.2. The van der Waals surface area contributed by atoms with Crippen molar-refractivity contribution in [1.82, 2.24) is 15.6 Å². The first-order valence-corrected chi connectivity index (χ1v) is 15.0. The summed E-state index contributed by atoms with van der Waals surface area (Å²) in [5.41, 5.74) is 1.40. The van der Waals surface area contributed by atoms with Crippen molar-refractivity contribution in [2.75, 3.05) is 42.2 Å². The number of hydrogen-bond donors (Lipinski definition) is 2. The van der Waals surface area contributed by atoms with E-state index >= 15 is 0 Å². The van der Waals surface area contributed by atoms with E-state index in [2.05, 4.69) is 15.6 Å². The Morgan fingerprint density at radius 1 is 0.723 bits per heavy atom. The smallest absolute Gasteiger partial charge is 0.493 e. The number of rotatable bonds is 15. The molecular weight excluding hydrogens is 610 g/mol. The molecule has 0 aliphatic heterocycles. The lowest BCUT2D eigenvalue weighted by molar-refractivity contribution is -0.124. The lowest BCUT2D eigenvalue weighted by Crippen LogP contribution is -2.52. The molecule has 0 saturated heterocycles. The van der Waals surface area contributed by atoms with Gasteiger partial charge in [-0.2, -0.15) is 0 Å². The largest absolute Gasteiger partial charge is 0.514 e. The fourth-order valence-corrected chi connectivity index (χ4v) is 5.09. The third-order valence-corrected chi connectivity index (χ3v) is 7.39. The van der Waals surface area contributed by atoms with Gasteiger partial charge in [-0.25, -0.2) is 9.78 Å². The highest BCUT2D eigenvalue weighted by molar-refractivity contribution is 5.99. The molecule has 2 N–H and O–H groups in total. The van der Waals surface area contributed by atoms with Gasteiger partial charge in [-0.1, -0.05) is 26.0 Å². The van der Waals surface area contributed by atoms with E-state index in [0.29, 0.717) is 23.0 Å². The number of carbonyl (C=O) groups is 3. The normalized spacial score (nSPS) is 12.1. The van der Waals surface area contributed by atoms with E-state index in [9.17, 15) is 14.4 Å². The third kappa shape index (κ3) is 8.75. The predicted octanol–water partition coefficient (Wildman–Crippen LogP) is 4.75. The number of hydrogen-bond acceptors (Lipinski definition) is 11. The molecule has 0 bridgehead atoms. The minimum atomic E-state index is -1.03. The number of amides is 2. The summed E-state index contributed by atoms with van der Waals surface area (Å²) >= 11 is 0. The summed E-state index contributed by atoms with van der Waals surface area (Å²) < 4.78 is 37.4. The number of methoxy groups -OCH3 is 5. The topological polar surface area (TPSA) is 153 Å². The fourth-order valence-electron chi connectivity index (χ4n) is 5.09. The van der Waals surface area contributed by atoms with Crippen molar-refractivity contribution in [3.63, 3.8) is 0 Å². The molecule has 2 atom stereocenters. The van der Waals surface area contributed by atoms with Crippen LogP contribution in [0.2, 0.25) is 0 Å². The maximum absolute atomic E-state index is 13.9. The van der Waals surface area contributed by atoms with E-state index in [1.807, 2.05) is 31.2 Å². The van der Waals surface area contributed by atoms with Gasteiger partial charge < -0.3 is 43.8 Å². The molecule has 0 spiro atoms. The lowest BCUT2D eigenvalue weighted by atomic mass is 9.85. The van der Waals surface area contributed by atoms with E-state index in [1.165, 1.54) is 19.4 Å². The van der Waals surface area contributed by atoms with E-state index in [-0.39, 0.29) is 29.7 Å². The van der Waals surface area contributed by atoms with Crippen LogP contribution in [0.15, 0.2) is 48.7 Å². The van der Waals surface area contributed by atoms with Crippen molar-refractivity contribution in [3.8, 4) is 34.5 Å². The van der Waals surface area contributed by atoms with Crippen molar-refractivity contribution in [2.45, 2.75) is 45.7 Å². The molecule has 3 aromatic rings. The van der Waals surface area contributed by atoms with Crippen LogP contribution in [0.5, 0.6) is 34.5 Å². The lowest BCUT2D eigenvalue weighted by Gasteiger charge is -2.30. The predicted molar refractivity (Wildman–Crippen MR) is 173 cm³/mol. The molecule has 0 saturated carbocycles. The Labute approximate surface area is 274 Å². The van der Waals surface area contributed by atoms with Crippen LogP contribution in [-0.4, -0.2) is 77.2 Å². The van der Waals surface area contributed by atoms with Crippen LogP contribution < -0.4 is 39.1 Å². The number of pyridine rings is 1. The van der Waals surface area contributed by atoms with Crippen LogP contribution in [-0.2, 0) is 9.53 Å². The van der Waals surface area contributed by atoms with E-state index in [1.54, 1.807) is 61.3 Å². The van der Waals surface area contributed by atoms with Gasteiger partial charge in [0, 0.05) is 24.2 Å². The molecule has 254 valence electrons.